The highest BCUT2D eigenvalue weighted by Crippen LogP contribution is 2.24. The first-order valence-corrected chi connectivity index (χ1v) is 7.82. The molecule has 0 aliphatic carbocycles. The number of nitrogens with one attached hydrogen (secondary N) is 1. The zero-order chi connectivity index (χ0) is 17.4. The molecule has 124 valence electrons. The average Bonchev–Trinajstić information content (AvgIpc) is 3.23. The van der Waals surface area contributed by atoms with Gasteiger partial charge in [-0.3, -0.25) is 4.79 Å². The molecule has 0 aliphatic rings. The third-order valence-corrected chi connectivity index (χ3v) is 3.99. The van der Waals surface area contributed by atoms with Crippen LogP contribution in [-0.4, -0.2) is 26.1 Å². The van der Waals surface area contributed by atoms with E-state index in [0.717, 1.165) is 16.6 Å². The van der Waals surface area contributed by atoms with Gasteiger partial charge in [0.2, 0.25) is 0 Å². The molecule has 0 aliphatic heterocycles. The zero-order valence-corrected chi connectivity index (χ0v) is 13.9. The first kappa shape index (κ1) is 15.3. The number of rotatable bonds is 3. The van der Waals surface area contributed by atoms with Crippen LogP contribution in [0.3, 0.4) is 0 Å². The number of halogens is 1. The number of furan rings is 1. The van der Waals surface area contributed by atoms with Gasteiger partial charge >= 0.3 is 0 Å². The average molecular weight is 354 g/mol. The Hall–Kier alpha value is -3.19. The highest BCUT2D eigenvalue weighted by Gasteiger charge is 2.13. The van der Waals surface area contributed by atoms with Crippen LogP contribution in [0.4, 0.5) is 5.69 Å². The molecule has 8 heteroatoms. The molecule has 2 heterocycles. The Bertz CT molecular complexity index is 1070. The lowest BCUT2D eigenvalue weighted by molar-refractivity contribution is 0.0998. The molecule has 4 aromatic rings. The van der Waals surface area contributed by atoms with E-state index in [1.165, 1.54) is 6.33 Å². The molecular formula is C17H12ClN5O2. The fourth-order valence-electron chi connectivity index (χ4n) is 2.58. The third kappa shape index (κ3) is 2.97. The number of hydrogen-bond acceptors (Lipinski definition) is 5. The van der Waals surface area contributed by atoms with E-state index in [4.69, 9.17) is 16.0 Å². The molecule has 0 radical (unpaired) electrons. The molecule has 7 nitrogen and oxygen atoms in total. The van der Waals surface area contributed by atoms with Crippen molar-refractivity contribution in [3.8, 4) is 5.69 Å². The van der Waals surface area contributed by atoms with Crippen LogP contribution >= 0.6 is 11.6 Å². The number of anilines is 1. The first-order valence-electron chi connectivity index (χ1n) is 7.44. The summed E-state index contributed by atoms with van der Waals surface area (Å²) in [6.07, 6.45) is 1.51. The predicted octanol–water partition coefficient (Wildman–Crippen LogP) is 3.62. The van der Waals surface area contributed by atoms with Gasteiger partial charge in [0, 0.05) is 16.1 Å². The maximum absolute atomic E-state index is 12.4. The van der Waals surface area contributed by atoms with Crippen molar-refractivity contribution in [3.05, 3.63) is 65.1 Å². The maximum atomic E-state index is 12.4. The maximum Gasteiger partial charge on any atom is 0.291 e. The highest BCUT2D eigenvalue weighted by molar-refractivity contribution is 6.31. The summed E-state index contributed by atoms with van der Waals surface area (Å²) >= 11 is 5.95. The van der Waals surface area contributed by atoms with Crippen LogP contribution in [0.5, 0.6) is 0 Å². The summed E-state index contributed by atoms with van der Waals surface area (Å²) in [5.74, 6) is -0.110. The fraction of sp³-hybridized carbons (Fsp3) is 0.0588. The fourth-order valence-corrected chi connectivity index (χ4v) is 2.76. The Morgan fingerprint density at radius 2 is 2.08 bits per heavy atom. The zero-order valence-electron chi connectivity index (χ0n) is 13.1. The molecule has 0 atom stereocenters. The molecule has 2 aromatic carbocycles. The molecule has 0 saturated carbocycles. The van der Waals surface area contributed by atoms with E-state index in [1.54, 1.807) is 35.0 Å². The molecule has 0 fully saturated rings. The van der Waals surface area contributed by atoms with Crippen molar-refractivity contribution in [2.24, 2.45) is 0 Å². The lowest BCUT2D eigenvalue weighted by Gasteiger charge is -2.08. The lowest BCUT2D eigenvalue weighted by Crippen LogP contribution is -2.11. The number of aryl methyl sites for hydroxylation is 1. The second kappa shape index (κ2) is 6.03. The van der Waals surface area contributed by atoms with Gasteiger partial charge in [-0.2, -0.15) is 0 Å². The quantitative estimate of drug-likeness (QED) is 0.608. The van der Waals surface area contributed by atoms with Crippen LogP contribution in [0.2, 0.25) is 5.02 Å². The van der Waals surface area contributed by atoms with Crippen molar-refractivity contribution < 1.29 is 9.21 Å². The van der Waals surface area contributed by atoms with E-state index in [-0.39, 0.29) is 11.7 Å². The minimum atomic E-state index is -0.332. The lowest BCUT2D eigenvalue weighted by atomic mass is 10.1. The SMILES string of the molecule is Cc1cc(NC(=O)c2cc3cc(Cl)ccc3o2)ccc1-n1cnnn1. The largest absolute Gasteiger partial charge is 0.451 e. The summed E-state index contributed by atoms with van der Waals surface area (Å²) in [5, 5.41) is 15.3. The molecule has 2 aromatic heterocycles. The van der Waals surface area contributed by atoms with Crippen molar-refractivity contribution >= 4 is 34.2 Å². The summed E-state index contributed by atoms with van der Waals surface area (Å²) in [5.41, 5.74) is 3.01. The monoisotopic (exact) mass is 353 g/mol. The number of aromatic nitrogens is 4. The Morgan fingerprint density at radius 3 is 2.84 bits per heavy atom. The van der Waals surface area contributed by atoms with Gasteiger partial charge in [-0.15, -0.1) is 5.10 Å². The van der Waals surface area contributed by atoms with Crippen molar-refractivity contribution in [1.29, 1.82) is 0 Å². The molecule has 0 bridgehead atoms. The highest BCUT2D eigenvalue weighted by atomic mass is 35.5. The second-order valence-corrected chi connectivity index (χ2v) is 5.94. The van der Waals surface area contributed by atoms with E-state index in [2.05, 4.69) is 20.8 Å². The van der Waals surface area contributed by atoms with E-state index in [1.807, 2.05) is 19.1 Å². The third-order valence-electron chi connectivity index (χ3n) is 3.75. The van der Waals surface area contributed by atoms with E-state index < -0.39 is 0 Å². The minimum Gasteiger partial charge on any atom is -0.451 e. The molecule has 1 amide bonds. The Morgan fingerprint density at radius 1 is 1.20 bits per heavy atom. The van der Waals surface area contributed by atoms with E-state index in [9.17, 15) is 4.79 Å². The number of carbonyl (C=O) groups excluding carboxylic acids is 1. The van der Waals surface area contributed by atoms with Crippen LogP contribution in [0.1, 0.15) is 16.1 Å². The van der Waals surface area contributed by atoms with Gasteiger partial charge in [-0.1, -0.05) is 11.6 Å². The van der Waals surface area contributed by atoms with Crippen molar-refractivity contribution in [2.45, 2.75) is 6.92 Å². The Labute approximate surface area is 147 Å². The number of tetrazole rings is 1. The summed E-state index contributed by atoms with van der Waals surface area (Å²) < 4.78 is 7.13. The second-order valence-electron chi connectivity index (χ2n) is 5.50. The van der Waals surface area contributed by atoms with E-state index in [0.29, 0.717) is 16.3 Å². The van der Waals surface area contributed by atoms with Gasteiger partial charge in [0.15, 0.2) is 5.76 Å². The summed E-state index contributed by atoms with van der Waals surface area (Å²) in [4.78, 5) is 12.4. The Kier molecular flexibility index (Phi) is 3.70. The number of carbonyl (C=O) groups is 1. The number of amides is 1. The van der Waals surface area contributed by atoms with Crippen LogP contribution in [0.15, 0.2) is 53.2 Å². The molecule has 4 rings (SSSR count). The van der Waals surface area contributed by atoms with Crippen LogP contribution in [0, 0.1) is 6.92 Å². The summed E-state index contributed by atoms with van der Waals surface area (Å²) in [6.45, 7) is 1.91. The smallest absolute Gasteiger partial charge is 0.291 e. The molecule has 0 spiro atoms. The van der Waals surface area contributed by atoms with Gasteiger partial charge in [0.1, 0.15) is 11.9 Å². The molecule has 0 saturated heterocycles. The normalized spacial score (nSPS) is 11.0. The van der Waals surface area contributed by atoms with Crippen molar-refractivity contribution in [2.75, 3.05) is 5.32 Å². The Balaban J connectivity index is 1.58. The van der Waals surface area contributed by atoms with Crippen molar-refractivity contribution in [1.82, 2.24) is 20.2 Å². The van der Waals surface area contributed by atoms with Gasteiger partial charge < -0.3 is 9.73 Å². The van der Waals surface area contributed by atoms with Crippen LogP contribution in [0.25, 0.3) is 16.7 Å². The van der Waals surface area contributed by atoms with Gasteiger partial charge in [0.25, 0.3) is 5.91 Å². The molecule has 1 N–H and O–H groups in total. The molecular weight excluding hydrogens is 342 g/mol. The summed E-state index contributed by atoms with van der Waals surface area (Å²) in [7, 11) is 0. The molecule has 25 heavy (non-hydrogen) atoms. The van der Waals surface area contributed by atoms with Crippen LogP contribution in [-0.2, 0) is 0 Å². The number of benzene rings is 2. The molecule has 0 unspecified atom stereocenters. The van der Waals surface area contributed by atoms with Gasteiger partial charge in [-0.05, 0) is 65.4 Å². The van der Waals surface area contributed by atoms with Crippen LogP contribution < -0.4 is 5.32 Å². The first-order chi connectivity index (χ1) is 12.1. The summed E-state index contributed by atoms with van der Waals surface area (Å²) in [6, 6.07) is 12.3. The predicted molar refractivity (Wildman–Crippen MR) is 93.1 cm³/mol. The topological polar surface area (TPSA) is 85.8 Å². The van der Waals surface area contributed by atoms with Gasteiger partial charge in [-0.25, -0.2) is 4.68 Å². The number of nitrogens with zero attached hydrogens (tertiary/aromatic N) is 4. The standard InChI is InChI=1S/C17H12ClN5O2/c1-10-6-13(3-4-14(10)23-9-19-21-22-23)20-17(24)16-8-11-7-12(18)2-5-15(11)25-16/h2-9H,1H3,(H,20,24). The number of hydrogen-bond donors (Lipinski definition) is 1. The minimum absolute atomic E-state index is 0.222. The number of fused-ring (bicyclic) bond motifs is 1. The van der Waals surface area contributed by atoms with E-state index >= 15 is 0 Å². The van der Waals surface area contributed by atoms with Crippen molar-refractivity contribution in [3.63, 3.8) is 0 Å². The van der Waals surface area contributed by atoms with Gasteiger partial charge in [0.05, 0.1) is 5.69 Å².